The van der Waals surface area contributed by atoms with E-state index in [1.807, 2.05) is 6.20 Å². The fourth-order valence-electron chi connectivity index (χ4n) is 2.11. The molecule has 4 heteroatoms. The van der Waals surface area contributed by atoms with Gasteiger partial charge in [-0.25, -0.2) is 4.98 Å². The van der Waals surface area contributed by atoms with E-state index in [1.165, 1.54) is 38.4 Å². The summed E-state index contributed by atoms with van der Waals surface area (Å²) in [6.07, 6.45) is 10.7. The largest absolute Gasteiger partial charge is 0.355 e. The normalized spacial score (nSPS) is 11.1. The van der Waals surface area contributed by atoms with Gasteiger partial charge in [-0.05, 0) is 18.4 Å². The summed E-state index contributed by atoms with van der Waals surface area (Å²) in [6, 6.07) is 0. The van der Waals surface area contributed by atoms with Gasteiger partial charge in [0.25, 0.3) is 5.56 Å². The first kappa shape index (κ1) is 11.9. The number of hydrogen-bond acceptors (Lipinski definition) is 2. The number of hydrogen-bond donors (Lipinski definition) is 2. The Balaban J connectivity index is 2.00. The van der Waals surface area contributed by atoms with Crippen molar-refractivity contribution in [3.63, 3.8) is 0 Å². The standard InChI is InChI=1S/C13H19N3O/c1-2-3-4-5-6-7-10-8-14-12-11(10)15-9-16-13(12)17/h8-9,14H,2-7H2,1H3,(H,15,16,17). The summed E-state index contributed by atoms with van der Waals surface area (Å²) >= 11 is 0. The summed E-state index contributed by atoms with van der Waals surface area (Å²) in [5.41, 5.74) is 2.48. The van der Waals surface area contributed by atoms with Gasteiger partial charge in [-0.15, -0.1) is 0 Å². The highest BCUT2D eigenvalue weighted by Gasteiger charge is 2.06. The number of nitrogens with zero attached hydrogens (tertiary/aromatic N) is 1. The Kier molecular flexibility index (Phi) is 3.96. The Morgan fingerprint density at radius 2 is 2.00 bits per heavy atom. The molecule has 0 aromatic carbocycles. The van der Waals surface area contributed by atoms with E-state index in [9.17, 15) is 4.79 Å². The van der Waals surface area contributed by atoms with Gasteiger partial charge < -0.3 is 9.97 Å². The quantitative estimate of drug-likeness (QED) is 0.754. The first-order valence-corrected chi connectivity index (χ1v) is 6.36. The highest BCUT2D eigenvalue weighted by Crippen LogP contribution is 2.15. The van der Waals surface area contributed by atoms with Crippen LogP contribution in [-0.4, -0.2) is 15.0 Å². The van der Waals surface area contributed by atoms with Crippen LogP contribution < -0.4 is 5.56 Å². The molecule has 2 N–H and O–H groups in total. The van der Waals surface area contributed by atoms with Gasteiger partial charge in [0.15, 0.2) is 0 Å². The topological polar surface area (TPSA) is 61.5 Å². The van der Waals surface area contributed by atoms with Crippen LogP contribution in [0.4, 0.5) is 0 Å². The molecule has 0 aliphatic rings. The van der Waals surface area contributed by atoms with Crippen LogP contribution >= 0.6 is 0 Å². The molecule has 2 aromatic heterocycles. The lowest BCUT2D eigenvalue weighted by atomic mass is 10.1. The number of aromatic amines is 2. The van der Waals surface area contributed by atoms with Gasteiger partial charge in [0, 0.05) is 6.20 Å². The van der Waals surface area contributed by atoms with Crippen LogP contribution in [-0.2, 0) is 6.42 Å². The Hall–Kier alpha value is -1.58. The molecule has 0 unspecified atom stereocenters. The molecule has 2 aromatic rings. The number of nitrogens with one attached hydrogen (secondary N) is 2. The van der Waals surface area contributed by atoms with Crippen LogP contribution in [0.3, 0.4) is 0 Å². The summed E-state index contributed by atoms with van der Waals surface area (Å²) in [4.78, 5) is 21.3. The molecule has 0 fully saturated rings. The second-order valence-electron chi connectivity index (χ2n) is 4.43. The lowest BCUT2D eigenvalue weighted by Gasteiger charge is -1.99. The first-order valence-electron chi connectivity index (χ1n) is 6.36. The van der Waals surface area contributed by atoms with Crippen molar-refractivity contribution < 1.29 is 0 Å². The third kappa shape index (κ3) is 2.75. The predicted molar refractivity (Wildman–Crippen MR) is 69.2 cm³/mol. The van der Waals surface area contributed by atoms with Crippen molar-refractivity contribution in [1.82, 2.24) is 15.0 Å². The van der Waals surface area contributed by atoms with Crippen molar-refractivity contribution in [3.8, 4) is 0 Å². The Morgan fingerprint density at radius 1 is 1.18 bits per heavy atom. The van der Waals surface area contributed by atoms with Gasteiger partial charge >= 0.3 is 0 Å². The van der Waals surface area contributed by atoms with E-state index < -0.39 is 0 Å². The van der Waals surface area contributed by atoms with E-state index in [2.05, 4.69) is 21.9 Å². The van der Waals surface area contributed by atoms with E-state index in [4.69, 9.17) is 0 Å². The van der Waals surface area contributed by atoms with Crippen LogP contribution in [0, 0.1) is 0 Å². The number of H-pyrrole nitrogens is 2. The van der Waals surface area contributed by atoms with Crippen LogP contribution in [0.1, 0.15) is 44.6 Å². The molecule has 0 bridgehead atoms. The number of fused-ring (bicyclic) bond motifs is 1. The fraction of sp³-hybridized carbons (Fsp3) is 0.538. The molecule has 0 spiro atoms. The minimum Gasteiger partial charge on any atom is -0.355 e. The van der Waals surface area contributed by atoms with Gasteiger partial charge in [0.1, 0.15) is 5.52 Å². The molecule has 0 radical (unpaired) electrons. The molecule has 92 valence electrons. The second kappa shape index (κ2) is 5.66. The molecular weight excluding hydrogens is 214 g/mol. The van der Waals surface area contributed by atoms with Crippen molar-refractivity contribution in [2.45, 2.75) is 45.4 Å². The minimum absolute atomic E-state index is 0.0905. The maximum absolute atomic E-state index is 11.5. The smallest absolute Gasteiger partial charge is 0.275 e. The van der Waals surface area contributed by atoms with Crippen molar-refractivity contribution in [2.75, 3.05) is 0 Å². The third-order valence-corrected chi connectivity index (χ3v) is 3.10. The van der Waals surface area contributed by atoms with E-state index in [1.54, 1.807) is 0 Å². The van der Waals surface area contributed by atoms with E-state index in [0.29, 0.717) is 5.52 Å². The molecule has 0 atom stereocenters. The highest BCUT2D eigenvalue weighted by molar-refractivity contribution is 5.77. The van der Waals surface area contributed by atoms with Gasteiger partial charge in [-0.3, -0.25) is 4.79 Å². The van der Waals surface area contributed by atoms with Gasteiger partial charge in [-0.1, -0.05) is 32.6 Å². The van der Waals surface area contributed by atoms with Crippen molar-refractivity contribution >= 4 is 11.0 Å². The molecule has 0 saturated carbocycles. The molecule has 0 saturated heterocycles. The van der Waals surface area contributed by atoms with Crippen molar-refractivity contribution in [3.05, 3.63) is 28.4 Å². The summed E-state index contributed by atoms with van der Waals surface area (Å²) in [6.45, 7) is 2.22. The zero-order valence-electron chi connectivity index (χ0n) is 10.3. The fourth-order valence-corrected chi connectivity index (χ4v) is 2.11. The minimum atomic E-state index is -0.0905. The van der Waals surface area contributed by atoms with Crippen LogP contribution in [0.2, 0.25) is 0 Å². The molecule has 2 rings (SSSR count). The molecule has 0 aliphatic heterocycles. The highest BCUT2D eigenvalue weighted by atomic mass is 16.1. The van der Waals surface area contributed by atoms with Crippen LogP contribution in [0.25, 0.3) is 11.0 Å². The third-order valence-electron chi connectivity index (χ3n) is 3.10. The predicted octanol–water partition coefficient (Wildman–Crippen LogP) is 2.76. The monoisotopic (exact) mass is 233 g/mol. The van der Waals surface area contributed by atoms with Crippen LogP contribution in [0.15, 0.2) is 17.3 Å². The zero-order chi connectivity index (χ0) is 12.1. The lowest BCUT2D eigenvalue weighted by Crippen LogP contribution is -2.05. The summed E-state index contributed by atoms with van der Waals surface area (Å²) in [7, 11) is 0. The maximum Gasteiger partial charge on any atom is 0.275 e. The van der Waals surface area contributed by atoms with Crippen LogP contribution in [0.5, 0.6) is 0 Å². The number of aromatic nitrogens is 3. The average Bonchev–Trinajstić information content (AvgIpc) is 2.74. The van der Waals surface area contributed by atoms with E-state index >= 15 is 0 Å². The van der Waals surface area contributed by atoms with Gasteiger partial charge in [0.05, 0.1) is 11.8 Å². The zero-order valence-corrected chi connectivity index (χ0v) is 10.3. The molecule has 4 nitrogen and oxygen atoms in total. The molecular formula is C13H19N3O. The number of rotatable bonds is 6. The van der Waals surface area contributed by atoms with Gasteiger partial charge in [0.2, 0.25) is 0 Å². The van der Waals surface area contributed by atoms with E-state index in [-0.39, 0.29) is 5.56 Å². The number of unbranched alkanes of at least 4 members (excludes halogenated alkanes) is 4. The second-order valence-corrected chi connectivity index (χ2v) is 4.43. The molecule has 2 heterocycles. The Labute approximate surface area is 100 Å². The molecule has 0 amide bonds. The van der Waals surface area contributed by atoms with Crippen molar-refractivity contribution in [1.29, 1.82) is 0 Å². The summed E-state index contributed by atoms with van der Waals surface area (Å²) in [5, 5.41) is 0. The maximum atomic E-state index is 11.5. The lowest BCUT2D eigenvalue weighted by molar-refractivity contribution is 0.633. The summed E-state index contributed by atoms with van der Waals surface area (Å²) < 4.78 is 0. The first-order chi connectivity index (χ1) is 8.33. The molecule has 0 aliphatic carbocycles. The SMILES string of the molecule is CCCCCCCc1c[nH]c2c(=O)[nH]cnc12. The Morgan fingerprint density at radius 3 is 2.82 bits per heavy atom. The van der Waals surface area contributed by atoms with Crippen molar-refractivity contribution in [2.24, 2.45) is 0 Å². The molecule has 17 heavy (non-hydrogen) atoms. The summed E-state index contributed by atoms with van der Waals surface area (Å²) in [5.74, 6) is 0. The van der Waals surface area contributed by atoms with Gasteiger partial charge in [-0.2, -0.15) is 0 Å². The van der Waals surface area contributed by atoms with E-state index in [0.717, 1.165) is 17.5 Å². The average molecular weight is 233 g/mol. The Bertz CT molecular complexity index is 527. The number of aryl methyl sites for hydroxylation is 1.